The highest BCUT2D eigenvalue weighted by atomic mass is 16.1. The van der Waals surface area contributed by atoms with Crippen molar-refractivity contribution in [3.05, 3.63) is 23.5 Å². The predicted molar refractivity (Wildman–Crippen MR) is 61.2 cm³/mol. The summed E-state index contributed by atoms with van der Waals surface area (Å²) in [6, 6.07) is 0. The van der Waals surface area contributed by atoms with Gasteiger partial charge in [-0.15, -0.1) is 0 Å². The van der Waals surface area contributed by atoms with Crippen LogP contribution in [0.2, 0.25) is 0 Å². The lowest BCUT2D eigenvalue weighted by Gasteiger charge is -2.29. The minimum atomic E-state index is 0.715. The number of nitrogens with zero attached hydrogens (tertiary/aromatic N) is 2. The minimum Gasteiger partial charge on any atom is -0.372 e. The Labute approximate surface area is 91.2 Å². The van der Waals surface area contributed by atoms with E-state index in [4.69, 9.17) is 0 Å². The molecule has 1 aliphatic heterocycles. The Morgan fingerprint density at radius 2 is 2.33 bits per heavy atom. The molecule has 0 aromatic rings. The molecular weight excluding hydrogens is 190 g/mol. The van der Waals surface area contributed by atoms with Crippen molar-refractivity contribution in [2.24, 2.45) is 0 Å². The van der Waals surface area contributed by atoms with Crippen molar-refractivity contribution in [3.63, 3.8) is 0 Å². The molecule has 0 aromatic carbocycles. The smallest absolute Gasteiger partial charge is 0.213 e. The Hall–Kier alpha value is -1.29. The summed E-state index contributed by atoms with van der Waals surface area (Å²) in [5.41, 5.74) is 2.27. The Bertz CT molecular complexity index is 284. The molecule has 1 heterocycles. The monoisotopic (exact) mass is 209 g/mol. The molecule has 84 valence electrons. The van der Waals surface area contributed by atoms with Crippen molar-refractivity contribution < 1.29 is 4.79 Å². The first-order valence-corrected chi connectivity index (χ1v) is 5.14. The first-order valence-electron chi connectivity index (χ1n) is 5.14. The molecule has 0 saturated heterocycles. The van der Waals surface area contributed by atoms with E-state index in [1.807, 2.05) is 26.2 Å². The largest absolute Gasteiger partial charge is 0.372 e. The van der Waals surface area contributed by atoms with Crippen LogP contribution in [0.4, 0.5) is 0 Å². The molecule has 0 radical (unpaired) electrons. The average molecular weight is 209 g/mol. The summed E-state index contributed by atoms with van der Waals surface area (Å²) in [6.07, 6.45) is 4.94. The number of carbonyl (C=O) groups is 1. The predicted octanol–water partition coefficient (Wildman–Crippen LogP) is 0.397. The zero-order valence-electron chi connectivity index (χ0n) is 9.66. The first-order chi connectivity index (χ1) is 7.19. The Morgan fingerprint density at radius 3 is 2.87 bits per heavy atom. The van der Waals surface area contributed by atoms with E-state index in [9.17, 15) is 4.79 Å². The third kappa shape index (κ3) is 3.09. The number of allylic oxidation sites excluding steroid dienone is 3. The van der Waals surface area contributed by atoms with Crippen LogP contribution in [0.5, 0.6) is 0 Å². The summed E-state index contributed by atoms with van der Waals surface area (Å²) in [5.74, 6) is 0. The second kappa shape index (κ2) is 5.56. The summed E-state index contributed by atoms with van der Waals surface area (Å²) >= 11 is 0. The highest BCUT2D eigenvalue weighted by molar-refractivity contribution is 5.52. The van der Waals surface area contributed by atoms with Gasteiger partial charge in [-0.1, -0.05) is 0 Å². The van der Waals surface area contributed by atoms with Crippen LogP contribution in [0.15, 0.2) is 23.5 Å². The third-order valence-corrected chi connectivity index (χ3v) is 2.62. The van der Waals surface area contributed by atoms with Crippen LogP contribution in [-0.2, 0) is 4.79 Å². The molecule has 0 bridgehead atoms. The lowest BCUT2D eigenvalue weighted by Crippen LogP contribution is -2.35. The van der Waals surface area contributed by atoms with Gasteiger partial charge in [0.2, 0.25) is 6.41 Å². The van der Waals surface area contributed by atoms with E-state index in [-0.39, 0.29) is 0 Å². The molecule has 4 nitrogen and oxygen atoms in total. The molecule has 0 aliphatic carbocycles. The summed E-state index contributed by atoms with van der Waals surface area (Å²) in [7, 11) is 3.91. The maximum absolute atomic E-state index is 10.9. The number of hydrogen-bond acceptors (Lipinski definition) is 3. The van der Waals surface area contributed by atoms with Gasteiger partial charge in [0.05, 0.1) is 6.54 Å². The van der Waals surface area contributed by atoms with Crippen molar-refractivity contribution in [1.82, 2.24) is 15.1 Å². The third-order valence-electron chi connectivity index (χ3n) is 2.62. The maximum Gasteiger partial charge on any atom is 0.213 e. The number of carbonyl (C=O) groups excluding carboxylic acids is 1. The molecule has 4 heteroatoms. The van der Waals surface area contributed by atoms with Gasteiger partial charge in [0, 0.05) is 31.5 Å². The van der Waals surface area contributed by atoms with Crippen LogP contribution in [0.3, 0.4) is 0 Å². The van der Waals surface area contributed by atoms with Crippen molar-refractivity contribution in [1.29, 1.82) is 0 Å². The van der Waals surface area contributed by atoms with E-state index < -0.39 is 0 Å². The van der Waals surface area contributed by atoms with E-state index in [0.29, 0.717) is 6.54 Å². The van der Waals surface area contributed by atoms with Gasteiger partial charge in [-0.05, 0) is 26.1 Å². The molecule has 0 fully saturated rings. The van der Waals surface area contributed by atoms with Crippen LogP contribution >= 0.6 is 0 Å². The fraction of sp³-hybridized carbons (Fsp3) is 0.545. The molecule has 1 aliphatic rings. The molecule has 15 heavy (non-hydrogen) atoms. The van der Waals surface area contributed by atoms with Crippen molar-refractivity contribution >= 4 is 6.41 Å². The fourth-order valence-corrected chi connectivity index (χ4v) is 1.45. The molecule has 1 amide bonds. The van der Waals surface area contributed by atoms with Gasteiger partial charge in [-0.25, -0.2) is 0 Å². The quantitative estimate of drug-likeness (QED) is 0.666. The minimum absolute atomic E-state index is 0.715. The zero-order chi connectivity index (χ0) is 11.3. The highest BCUT2D eigenvalue weighted by Gasteiger charge is 2.13. The first kappa shape index (κ1) is 11.8. The maximum atomic E-state index is 10.9. The average Bonchev–Trinajstić information content (AvgIpc) is 2.24. The molecule has 1 N–H and O–H groups in total. The number of amides is 1. The van der Waals surface area contributed by atoms with E-state index in [2.05, 4.69) is 17.1 Å². The summed E-state index contributed by atoms with van der Waals surface area (Å²) in [4.78, 5) is 14.8. The fourth-order valence-electron chi connectivity index (χ4n) is 1.45. The molecule has 1 rings (SSSR count). The van der Waals surface area contributed by atoms with Crippen LogP contribution in [0.1, 0.15) is 6.92 Å². The Morgan fingerprint density at radius 1 is 1.60 bits per heavy atom. The molecule has 0 aromatic heterocycles. The summed E-state index contributed by atoms with van der Waals surface area (Å²) < 4.78 is 0. The summed E-state index contributed by atoms with van der Waals surface area (Å²) in [5, 5.41) is 3.03. The highest BCUT2D eigenvalue weighted by Crippen LogP contribution is 2.14. The van der Waals surface area contributed by atoms with Gasteiger partial charge in [-0.2, -0.15) is 0 Å². The molecular formula is C11H19N3O. The lowest BCUT2D eigenvalue weighted by atomic mass is 10.2. The van der Waals surface area contributed by atoms with Crippen LogP contribution in [0, 0.1) is 0 Å². The van der Waals surface area contributed by atoms with Crippen molar-refractivity contribution in [3.8, 4) is 0 Å². The van der Waals surface area contributed by atoms with Crippen LogP contribution < -0.4 is 5.32 Å². The van der Waals surface area contributed by atoms with Gasteiger partial charge < -0.3 is 15.1 Å². The number of rotatable bonds is 5. The van der Waals surface area contributed by atoms with Crippen molar-refractivity contribution in [2.45, 2.75) is 6.92 Å². The second-order valence-electron chi connectivity index (χ2n) is 3.72. The number of nitrogens with one attached hydrogen (secondary N) is 1. The van der Waals surface area contributed by atoms with Crippen molar-refractivity contribution in [2.75, 3.05) is 33.7 Å². The normalized spacial score (nSPS) is 15.8. The van der Waals surface area contributed by atoms with E-state index in [1.54, 1.807) is 4.90 Å². The van der Waals surface area contributed by atoms with Crippen LogP contribution in [-0.4, -0.2) is 49.9 Å². The number of likely N-dealkylation sites (N-methyl/N-ethyl adjacent to an activating group) is 2. The Balaban J connectivity index is 2.65. The molecule has 0 spiro atoms. The zero-order valence-corrected chi connectivity index (χ0v) is 9.66. The van der Waals surface area contributed by atoms with Gasteiger partial charge in [-0.3, -0.25) is 4.79 Å². The lowest BCUT2D eigenvalue weighted by molar-refractivity contribution is -0.116. The van der Waals surface area contributed by atoms with E-state index in [1.165, 1.54) is 5.70 Å². The van der Waals surface area contributed by atoms with E-state index in [0.717, 1.165) is 25.2 Å². The molecule has 0 atom stereocenters. The SMILES string of the molecule is CNCCN(C=O)C1=CC=C(C)N(C)C1. The van der Waals surface area contributed by atoms with E-state index >= 15 is 0 Å². The second-order valence-corrected chi connectivity index (χ2v) is 3.72. The summed E-state index contributed by atoms with van der Waals surface area (Å²) in [6.45, 7) is 4.38. The number of hydrogen-bond donors (Lipinski definition) is 1. The standard InChI is InChI=1S/C11H19N3O/c1-10-4-5-11(8-13(10)3)14(9-15)7-6-12-2/h4-5,9,12H,6-8H2,1-3H3. The van der Waals surface area contributed by atoms with Gasteiger partial charge in [0.1, 0.15) is 0 Å². The molecule has 0 saturated carbocycles. The molecule has 0 unspecified atom stereocenters. The topological polar surface area (TPSA) is 35.6 Å². The van der Waals surface area contributed by atoms with Crippen LogP contribution in [0.25, 0.3) is 0 Å². The van der Waals surface area contributed by atoms with Gasteiger partial charge >= 0.3 is 0 Å². The van der Waals surface area contributed by atoms with Gasteiger partial charge in [0.25, 0.3) is 0 Å². The van der Waals surface area contributed by atoms with Gasteiger partial charge in [0.15, 0.2) is 0 Å². The Kier molecular flexibility index (Phi) is 4.37.